The molecule has 0 aromatic rings. The van der Waals surface area contributed by atoms with Crippen molar-refractivity contribution in [3.8, 4) is 0 Å². The van der Waals surface area contributed by atoms with E-state index in [0.717, 1.165) is 0 Å². The van der Waals surface area contributed by atoms with Crippen molar-refractivity contribution in [3.05, 3.63) is 66.6 Å². The minimum atomic E-state index is -0.479. The van der Waals surface area contributed by atoms with Crippen LogP contribution in [0.5, 0.6) is 0 Å². The number of hydrogen-bond donors (Lipinski definition) is 0. The van der Waals surface area contributed by atoms with Crippen LogP contribution in [0.25, 0.3) is 0 Å². The SMILES string of the molecule is C[C]1[C](C)[C](C)[C](C)[C]1C.C[C]1[C](C)[C](C)[C](C)[C]1C.[CH3-].[CH3][Ga]([CH3])[CH3].[Y]. The van der Waals surface area contributed by atoms with Gasteiger partial charge >= 0.3 is 32.7 Å². The normalized spacial score (nSPS) is 23.0. The Balaban J connectivity index is -0.000000319. The Hall–Kier alpha value is 1.74. The fraction of sp³-hybridized carbons (Fsp3) is 0.542. The molecule has 0 aromatic heterocycles. The molecule has 0 atom stereocenters. The maximum absolute atomic E-state index is 2.35. The first kappa shape index (κ1) is 32.4. The average Bonchev–Trinajstić information content (AvgIpc) is 2.78. The van der Waals surface area contributed by atoms with E-state index in [1.165, 1.54) is 59.2 Å². The zero-order valence-electron chi connectivity index (χ0n) is 20.2. The summed E-state index contributed by atoms with van der Waals surface area (Å²) in [6.45, 7) is 22.0. The van der Waals surface area contributed by atoms with Crippen molar-refractivity contribution in [2.24, 2.45) is 0 Å². The maximum Gasteiger partial charge on any atom is 0 e. The van der Waals surface area contributed by atoms with Crippen molar-refractivity contribution in [1.29, 1.82) is 0 Å². The van der Waals surface area contributed by atoms with Gasteiger partial charge in [-0.05, 0) is 59.2 Å². The molecule has 0 N–H and O–H groups in total. The van der Waals surface area contributed by atoms with Gasteiger partial charge in [0, 0.05) is 32.7 Å². The van der Waals surface area contributed by atoms with Crippen molar-refractivity contribution in [2.75, 3.05) is 0 Å². The molecule has 2 saturated carbocycles. The second-order valence-electron chi connectivity index (χ2n) is 7.98. The van der Waals surface area contributed by atoms with Gasteiger partial charge in [0.05, 0.1) is 0 Å². The quantitative estimate of drug-likeness (QED) is 0.241. The minimum absolute atomic E-state index is 0. The molecular formula is C24H42GaY-. The summed E-state index contributed by atoms with van der Waals surface area (Å²) in [6.07, 6.45) is 0. The predicted molar refractivity (Wildman–Crippen MR) is 119 cm³/mol. The van der Waals surface area contributed by atoms with E-state index in [-0.39, 0.29) is 40.1 Å². The fourth-order valence-corrected chi connectivity index (χ4v) is 2.81. The van der Waals surface area contributed by atoms with Crippen LogP contribution in [-0.2, 0) is 32.7 Å². The summed E-state index contributed by atoms with van der Waals surface area (Å²) in [6, 6.07) is 0. The zero-order valence-corrected chi connectivity index (χ0v) is 25.4. The summed E-state index contributed by atoms with van der Waals surface area (Å²) in [5, 5.41) is 0. The van der Waals surface area contributed by atoms with E-state index in [9.17, 15) is 0 Å². The van der Waals surface area contributed by atoms with Gasteiger partial charge in [-0.2, -0.15) is 0 Å². The van der Waals surface area contributed by atoms with Gasteiger partial charge in [-0.1, -0.05) is 69.2 Å². The van der Waals surface area contributed by atoms with Gasteiger partial charge in [0.15, 0.2) is 0 Å². The molecule has 0 heterocycles. The van der Waals surface area contributed by atoms with Gasteiger partial charge in [-0.15, -0.1) is 0 Å². The van der Waals surface area contributed by atoms with E-state index in [1.54, 1.807) is 0 Å². The molecule has 0 aromatic carbocycles. The Morgan fingerprint density at radius 1 is 0.346 bits per heavy atom. The van der Waals surface area contributed by atoms with Crippen molar-refractivity contribution < 1.29 is 32.7 Å². The van der Waals surface area contributed by atoms with E-state index in [0.29, 0.717) is 0 Å². The standard InChI is InChI=1S/2C10H15.4CH3.Ga.Y/c2*1-6-7(2)9(4)10(5)8(6)3;;;;;;/h2*1-5H3;4*1H3;;/q;;;;;-1;;. The molecule has 0 nitrogen and oxygen atoms in total. The monoisotopic (exact) mass is 488 g/mol. The van der Waals surface area contributed by atoms with E-state index in [1.807, 2.05) is 0 Å². The van der Waals surface area contributed by atoms with Crippen molar-refractivity contribution >= 4 is 16.2 Å². The van der Waals surface area contributed by atoms with E-state index in [4.69, 9.17) is 0 Å². The number of hydrogen-bond acceptors (Lipinski definition) is 0. The Morgan fingerprint density at radius 3 is 0.423 bits per heavy atom. The van der Waals surface area contributed by atoms with Gasteiger partial charge in [0.1, 0.15) is 0 Å². The Kier molecular flexibility index (Phi) is 18.3. The third-order valence-electron chi connectivity index (χ3n) is 5.62. The summed E-state index contributed by atoms with van der Waals surface area (Å²) >= 11 is -0.479. The maximum atomic E-state index is 2.35. The molecule has 0 unspecified atom stereocenters. The largest absolute Gasteiger partial charge is 0 e. The Morgan fingerprint density at radius 2 is 0.385 bits per heavy atom. The average molecular weight is 489 g/mol. The van der Waals surface area contributed by atoms with Gasteiger partial charge in [0.25, 0.3) is 0 Å². The molecular weight excluding hydrogens is 447 g/mol. The molecule has 2 rings (SSSR count). The predicted octanol–water partition coefficient (Wildman–Crippen LogP) is 7.76. The molecule has 0 bridgehead atoms. The van der Waals surface area contributed by atoms with Gasteiger partial charge in [-0.25, -0.2) is 0 Å². The van der Waals surface area contributed by atoms with Crippen LogP contribution in [0.3, 0.4) is 0 Å². The summed E-state index contributed by atoms with van der Waals surface area (Å²) in [5.41, 5.74) is 7.06. The first-order valence-electron chi connectivity index (χ1n) is 9.23. The molecule has 145 valence electrons. The van der Waals surface area contributed by atoms with E-state index in [2.05, 4.69) is 85.7 Å². The van der Waals surface area contributed by atoms with Crippen LogP contribution in [0, 0.1) is 66.6 Å². The molecule has 0 amide bonds. The molecule has 26 heavy (non-hydrogen) atoms. The van der Waals surface area contributed by atoms with Crippen LogP contribution in [0.1, 0.15) is 69.2 Å². The number of rotatable bonds is 0. The molecule has 11 radical (unpaired) electrons. The van der Waals surface area contributed by atoms with Crippen LogP contribution in [0.4, 0.5) is 0 Å². The van der Waals surface area contributed by atoms with Gasteiger partial charge < -0.3 is 7.43 Å². The first-order valence-corrected chi connectivity index (χ1v) is 16.5. The van der Waals surface area contributed by atoms with Gasteiger partial charge in [-0.3, -0.25) is 0 Å². The topological polar surface area (TPSA) is 0 Å². The van der Waals surface area contributed by atoms with Crippen molar-refractivity contribution in [2.45, 2.75) is 85.7 Å². The van der Waals surface area contributed by atoms with Gasteiger partial charge in [0.2, 0.25) is 0 Å². The smallest absolute Gasteiger partial charge is 0 e. The van der Waals surface area contributed by atoms with Crippen LogP contribution in [0.15, 0.2) is 0 Å². The Bertz CT molecular complexity index is 221. The minimum Gasteiger partial charge on any atom is 0 e. The summed E-state index contributed by atoms with van der Waals surface area (Å²) in [4.78, 5) is 0. The first-order chi connectivity index (χ1) is 10.8. The zero-order chi connectivity index (χ0) is 19.4. The third-order valence-corrected chi connectivity index (χ3v) is 5.62. The summed E-state index contributed by atoms with van der Waals surface area (Å²) in [7, 11) is 0. The fourth-order valence-electron chi connectivity index (χ4n) is 2.81. The van der Waals surface area contributed by atoms with Crippen LogP contribution in [0.2, 0.25) is 16.4 Å². The van der Waals surface area contributed by atoms with E-state index < -0.39 is 16.2 Å². The van der Waals surface area contributed by atoms with Crippen molar-refractivity contribution in [3.63, 3.8) is 0 Å². The molecule has 2 fully saturated rings. The Labute approximate surface area is 199 Å². The second kappa shape index (κ2) is 14.7. The van der Waals surface area contributed by atoms with Crippen LogP contribution >= 0.6 is 0 Å². The summed E-state index contributed by atoms with van der Waals surface area (Å²) < 4.78 is 0. The van der Waals surface area contributed by atoms with Crippen LogP contribution < -0.4 is 0 Å². The summed E-state index contributed by atoms with van der Waals surface area (Å²) in [5.74, 6) is 14.7. The second-order valence-corrected chi connectivity index (χ2v) is 15.2. The van der Waals surface area contributed by atoms with E-state index >= 15 is 0 Å². The van der Waals surface area contributed by atoms with Crippen LogP contribution in [-0.4, -0.2) is 16.2 Å². The molecule has 2 aliphatic carbocycles. The molecule has 0 spiro atoms. The molecule has 0 aliphatic heterocycles. The molecule has 2 heteroatoms. The molecule has 2 aliphatic rings. The molecule has 0 saturated heterocycles. The van der Waals surface area contributed by atoms with Crippen molar-refractivity contribution in [1.82, 2.24) is 0 Å². The third kappa shape index (κ3) is 9.04.